The number of nitrogens with zero attached hydrogens (tertiary/aromatic N) is 2. The Morgan fingerprint density at radius 3 is 2.96 bits per heavy atom. The maximum atomic E-state index is 9.89. The number of benzene rings is 1. The lowest BCUT2D eigenvalue weighted by Gasteiger charge is -2.13. The summed E-state index contributed by atoms with van der Waals surface area (Å²) in [5.74, 6) is 1.62. The summed E-state index contributed by atoms with van der Waals surface area (Å²) < 4.78 is 5.30. The standard InChI is InChI=1S/C21H18N2OS2/c1-24-15-6-2-5-14(11-15)13-26-21-17(12-22)20(19-9-4-10-25-19)16-7-3-8-18(16)23-21/h2,4-6,9-11H,3,7-8,13H2,1H3. The van der Waals surface area contributed by atoms with E-state index in [1.165, 1.54) is 21.7 Å². The zero-order valence-corrected chi connectivity index (χ0v) is 16.1. The quantitative estimate of drug-likeness (QED) is 0.552. The Bertz CT molecular complexity index is 974. The van der Waals surface area contributed by atoms with Gasteiger partial charge >= 0.3 is 0 Å². The molecule has 1 aliphatic carbocycles. The van der Waals surface area contributed by atoms with Gasteiger partial charge in [-0.15, -0.1) is 23.1 Å². The number of aryl methyl sites for hydroxylation is 1. The largest absolute Gasteiger partial charge is 0.497 e. The first-order chi connectivity index (χ1) is 12.8. The highest BCUT2D eigenvalue weighted by Gasteiger charge is 2.24. The van der Waals surface area contributed by atoms with E-state index in [0.717, 1.165) is 46.9 Å². The molecule has 1 aliphatic rings. The van der Waals surface area contributed by atoms with Crippen LogP contribution >= 0.6 is 23.1 Å². The van der Waals surface area contributed by atoms with Crippen LogP contribution in [-0.4, -0.2) is 12.1 Å². The number of fused-ring (bicyclic) bond motifs is 1. The summed E-state index contributed by atoms with van der Waals surface area (Å²) >= 11 is 3.33. The molecule has 1 aromatic carbocycles. The van der Waals surface area contributed by atoms with E-state index < -0.39 is 0 Å². The molecule has 0 fully saturated rings. The summed E-state index contributed by atoms with van der Waals surface area (Å²) in [6, 6.07) is 14.6. The Kier molecular flexibility index (Phi) is 4.96. The van der Waals surface area contributed by atoms with Crippen molar-refractivity contribution in [3.8, 4) is 22.3 Å². The molecule has 0 amide bonds. The molecule has 3 aromatic rings. The first-order valence-electron chi connectivity index (χ1n) is 8.55. The van der Waals surface area contributed by atoms with E-state index in [2.05, 4.69) is 23.6 Å². The zero-order valence-electron chi connectivity index (χ0n) is 14.5. The van der Waals surface area contributed by atoms with Gasteiger partial charge in [-0.05, 0) is 54.0 Å². The van der Waals surface area contributed by atoms with E-state index in [-0.39, 0.29) is 0 Å². The Balaban J connectivity index is 1.72. The third-order valence-electron chi connectivity index (χ3n) is 4.58. The van der Waals surface area contributed by atoms with E-state index >= 15 is 0 Å². The number of hydrogen-bond acceptors (Lipinski definition) is 5. The third kappa shape index (κ3) is 3.23. The van der Waals surface area contributed by atoms with Gasteiger partial charge in [-0.2, -0.15) is 5.26 Å². The van der Waals surface area contributed by atoms with Crippen LogP contribution in [0.3, 0.4) is 0 Å². The van der Waals surface area contributed by atoms with Crippen molar-refractivity contribution in [3.63, 3.8) is 0 Å². The van der Waals surface area contributed by atoms with Gasteiger partial charge in [-0.1, -0.05) is 18.2 Å². The smallest absolute Gasteiger partial charge is 0.119 e. The number of nitriles is 1. The van der Waals surface area contributed by atoms with Gasteiger partial charge in [0, 0.05) is 21.9 Å². The van der Waals surface area contributed by atoms with Gasteiger partial charge in [0.15, 0.2) is 0 Å². The molecule has 0 bridgehead atoms. The van der Waals surface area contributed by atoms with Gasteiger partial charge in [0.25, 0.3) is 0 Å². The van der Waals surface area contributed by atoms with Crippen molar-refractivity contribution in [2.45, 2.75) is 30.0 Å². The molecule has 130 valence electrons. The minimum Gasteiger partial charge on any atom is -0.497 e. The van der Waals surface area contributed by atoms with Crippen LogP contribution < -0.4 is 4.74 Å². The molecule has 0 radical (unpaired) electrons. The minimum atomic E-state index is 0.723. The molecule has 26 heavy (non-hydrogen) atoms. The van der Waals surface area contributed by atoms with Gasteiger partial charge < -0.3 is 4.74 Å². The first-order valence-corrected chi connectivity index (χ1v) is 10.4. The highest BCUT2D eigenvalue weighted by Crippen LogP contribution is 2.40. The summed E-state index contributed by atoms with van der Waals surface area (Å²) in [6.45, 7) is 0. The average molecular weight is 379 g/mol. The van der Waals surface area contributed by atoms with Gasteiger partial charge in [-0.25, -0.2) is 4.98 Å². The number of thioether (sulfide) groups is 1. The van der Waals surface area contributed by atoms with Gasteiger partial charge in [-0.3, -0.25) is 0 Å². The Hall–Kier alpha value is -2.29. The van der Waals surface area contributed by atoms with Crippen molar-refractivity contribution in [1.82, 2.24) is 4.98 Å². The van der Waals surface area contributed by atoms with Crippen LogP contribution in [0.2, 0.25) is 0 Å². The molecule has 4 rings (SSSR count). The monoisotopic (exact) mass is 378 g/mol. The predicted molar refractivity (Wildman–Crippen MR) is 107 cm³/mol. The molecule has 0 atom stereocenters. The molecular formula is C21H18N2OS2. The first kappa shape index (κ1) is 17.1. The number of hydrogen-bond donors (Lipinski definition) is 0. The number of thiophene rings is 1. The fraction of sp³-hybridized carbons (Fsp3) is 0.238. The lowest BCUT2D eigenvalue weighted by molar-refractivity contribution is 0.414. The molecule has 0 spiro atoms. The summed E-state index contributed by atoms with van der Waals surface area (Å²) in [6.07, 6.45) is 3.15. The molecule has 3 nitrogen and oxygen atoms in total. The SMILES string of the molecule is COc1cccc(CSc2nc3c(c(-c4cccs4)c2C#N)CCC3)c1. The lowest BCUT2D eigenvalue weighted by atomic mass is 10.0. The average Bonchev–Trinajstić information content (AvgIpc) is 3.36. The molecule has 0 unspecified atom stereocenters. The van der Waals surface area contributed by atoms with Gasteiger partial charge in [0.1, 0.15) is 16.8 Å². The van der Waals surface area contributed by atoms with Crippen LogP contribution in [0.15, 0.2) is 46.8 Å². The van der Waals surface area contributed by atoms with Crippen molar-refractivity contribution in [3.05, 3.63) is 64.2 Å². The molecule has 2 aromatic heterocycles. The minimum absolute atomic E-state index is 0.723. The second-order valence-corrected chi connectivity index (χ2v) is 8.09. The topological polar surface area (TPSA) is 45.9 Å². The molecule has 2 heterocycles. The third-order valence-corrected chi connectivity index (χ3v) is 6.51. The van der Waals surface area contributed by atoms with Crippen LogP contribution in [0.4, 0.5) is 0 Å². The Morgan fingerprint density at radius 1 is 1.27 bits per heavy atom. The maximum Gasteiger partial charge on any atom is 0.119 e. The van der Waals surface area contributed by atoms with Crippen LogP contribution in [0.25, 0.3) is 10.4 Å². The van der Waals surface area contributed by atoms with Crippen molar-refractivity contribution in [1.29, 1.82) is 5.26 Å². The van der Waals surface area contributed by atoms with Gasteiger partial charge in [0.2, 0.25) is 0 Å². The van der Waals surface area contributed by atoms with E-state index in [1.54, 1.807) is 30.2 Å². The second-order valence-electron chi connectivity index (χ2n) is 6.18. The highest BCUT2D eigenvalue weighted by molar-refractivity contribution is 7.98. The zero-order chi connectivity index (χ0) is 17.9. The van der Waals surface area contributed by atoms with E-state index in [1.807, 2.05) is 24.3 Å². The number of rotatable bonds is 5. The summed E-state index contributed by atoms with van der Waals surface area (Å²) in [4.78, 5) is 6.04. The molecule has 0 saturated heterocycles. The van der Waals surface area contributed by atoms with E-state index in [4.69, 9.17) is 9.72 Å². The number of ether oxygens (including phenoxy) is 1. The van der Waals surface area contributed by atoms with E-state index in [9.17, 15) is 5.26 Å². The summed E-state index contributed by atoms with van der Waals surface area (Å²) in [7, 11) is 1.68. The van der Waals surface area contributed by atoms with Crippen LogP contribution in [-0.2, 0) is 18.6 Å². The normalized spacial score (nSPS) is 12.6. The van der Waals surface area contributed by atoms with E-state index in [0.29, 0.717) is 0 Å². The number of pyridine rings is 1. The Labute approximate surface area is 161 Å². The fourth-order valence-electron chi connectivity index (χ4n) is 3.37. The second kappa shape index (κ2) is 7.53. The fourth-order valence-corrected chi connectivity index (χ4v) is 5.13. The summed E-state index contributed by atoms with van der Waals surface area (Å²) in [5.41, 5.74) is 5.44. The van der Waals surface area contributed by atoms with Crippen LogP contribution in [0, 0.1) is 11.3 Å². The molecule has 0 N–H and O–H groups in total. The highest BCUT2D eigenvalue weighted by atomic mass is 32.2. The molecule has 0 aliphatic heterocycles. The summed E-state index contributed by atoms with van der Waals surface area (Å²) in [5, 5.41) is 12.8. The van der Waals surface area contributed by atoms with Gasteiger partial charge in [0.05, 0.1) is 12.7 Å². The maximum absolute atomic E-state index is 9.89. The van der Waals surface area contributed by atoms with Crippen molar-refractivity contribution < 1.29 is 4.74 Å². The lowest BCUT2D eigenvalue weighted by Crippen LogP contribution is -2.00. The van der Waals surface area contributed by atoms with Crippen molar-refractivity contribution >= 4 is 23.1 Å². The van der Waals surface area contributed by atoms with Crippen molar-refractivity contribution in [2.75, 3.05) is 7.11 Å². The molecule has 0 saturated carbocycles. The van der Waals surface area contributed by atoms with Crippen LogP contribution in [0.5, 0.6) is 5.75 Å². The molecule has 5 heteroatoms. The van der Waals surface area contributed by atoms with Crippen LogP contribution in [0.1, 0.15) is 28.8 Å². The predicted octanol–water partition coefficient (Wildman–Crippen LogP) is 5.47. The number of aromatic nitrogens is 1. The number of methoxy groups -OCH3 is 1. The van der Waals surface area contributed by atoms with Crippen molar-refractivity contribution in [2.24, 2.45) is 0 Å². The Morgan fingerprint density at radius 2 is 2.19 bits per heavy atom. The molecular weight excluding hydrogens is 360 g/mol.